The number of rotatable bonds is 7. The summed E-state index contributed by atoms with van der Waals surface area (Å²) in [5, 5.41) is 15.2. The summed E-state index contributed by atoms with van der Waals surface area (Å²) in [6.45, 7) is 3.06. The van der Waals surface area contributed by atoms with Gasteiger partial charge in [-0.05, 0) is 61.0 Å². The van der Waals surface area contributed by atoms with Gasteiger partial charge in [0.25, 0.3) is 0 Å². The molecular formula is C25H26N2O2. The van der Waals surface area contributed by atoms with Crippen LogP contribution in [-0.2, 0) is 6.54 Å². The molecule has 4 heteroatoms. The number of aryl methyl sites for hydroxylation is 1. The number of anilines is 1. The molecule has 0 unspecified atom stereocenters. The molecule has 1 heterocycles. The van der Waals surface area contributed by atoms with Gasteiger partial charge in [-0.3, -0.25) is 0 Å². The number of hydrogen-bond donors (Lipinski definition) is 2. The summed E-state index contributed by atoms with van der Waals surface area (Å²) in [6, 6.07) is 26.7. The quantitative estimate of drug-likeness (QED) is 0.465. The van der Waals surface area contributed by atoms with Crippen LogP contribution >= 0.6 is 0 Å². The molecule has 0 aliphatic rings. The van der Waals surface area contributed by atoms with Crippen molar-refractivity contribution in [2.75, 3.05) is 19.0 Å². The van der Waals surface area contributed by atoms with Crippen molar-refractivity contribution >= 4 is 16.6 Å². The van der Waals surface area contributed by atoms with E-state index in [1.807, 2.05) is 36.4 Å². The minimum atomic E-state index is -0.524. The first-order chi connectivity index (χ1) is 14.1. The van der Waals surface area contributed by atoms with Crippen molar-refractivity contribution in [3.8, 4) is 17.0 Å². The maximum absolute atomic E-state index is 10.7. The molecule has 4 nitrogen and oxygen atoms in total. The number of ether oxygens (including phenoxy) is 1. The van der Waals surface area contributed by atoms with Gasteiger partial charge in [-0.1, -0.05) is 35.9 Å². The van der Waals surface area contributed by atoms with Crippen molar-refractivity contribution in [3.05, 3.63) is 84.4 Å². The molecule has 0 saturated heterocycles. The van der Waals surface area contributed by atoms with Gasteiger partial charge in [0, 0.05) is 28.8 Å². The van der Waals surface area contributed by atoms with Gasteiger partial charge in [0.15, 0.2) is 0 Å². The Labute approximate surface area is 171 Å². The zero-order valence-electron chi connectivity index (χ0n) is 16.8. The Morgan fingerprint density at radius 3 is 2.41 bits per heavy atom. The third-order valence-electron chi connectivity index (χ3n) is 5.18. The minimum absolute atomic E-state index is 0.484. The fourth-order valence-electron chi connectivity index (χ4n) is 3.59. The molecule has 0 aliphatic heterocycles. The second-order valence-corrected chi connectivity index (χ2v) is 7.33. The van der Waals surface area contributed by atoms with Crippen LogP contribution in [0.4, 0.5) is 5.69 Å². The Morgan fingerprint density at radius 2 is 1.69 bits per heavy atom. The third-order valence-corrected chi connectivity index (χ3v) is 5.18. The van der Waals surface area contributed by atoms with Crippen LogP contribution in [-0.4, -0.2) is 29.4 Å². The summed E-state index contributed by atoms with van der Waals surface area (Å²) in [6.07, 6.45) is -0.524. The summed E-state index contributed by atoms with van der Waals surface area (Å²) >= 11 is 0. The lowest BCUT2D eigenvalue weighted by molar-refractivity contribution is 0.169. The number of benzene rings is 3. The van der Waals surface area contributed by atoms with Gasteiger partial charge in [-0.15, -0.1) is 0 Å². The first-order valence-electron chi connectivity index (χ1n) is 9.85. The first-order valence-corrected chi connectivity index (χ1v) is 9.85. The topological polar surface area (TPSA) is 46.4 Å². The highest BCUT2D eigenvalue weighted by Gasteiger charge is 2.14. The lowest BCUT2D eigenvalue weighted by Crippen LogP contribution is -2.25. The SMILES string of the molecule is COc1ccc(-c2cc3ccccc3n2C[C@H](O)CNc2ccc(C)cc2)cc1. The maximum atomic E-state index is 10.7. The van der Waals surface area contributed by atoms with Crippen molar-refractivity contribution in [1.82, 2.24) is 4.57 Å². The van der Waals surface area contributed by atoms with Crippen LogP contribution in [0.15, 0.2) is 78.9 Å². The van der Waals surface area contributed by atoms with Crippen LogP contribution in [0, 0.1) is 6.92 Å². The van der Waals surface area contributed by atoms with Crippen molar-refractivity contribution < 1.29 is 9.84 Å². The molecule has 3 aromatic carbocycles. The molecular weight excluding hydrogens is 360 g/mol. The Morgan fingerprint density at radius 1 is 0.966 bits per heavy atom. The molecule has 4 aromatic rings. The van der Waals surface area contributed by atoms with E-state index in [1.165, 1.54) is 5.56 Å². The van der Waals surface area contributed by atoms with Crippen molar-refractivity contribution in [3.63, 3.8) is 0 Å². The van der Waals surface area contributed by atoms with Gasteiger partial charge in [0.2, 0.25) is 0 Å². The van der Waals surface area contributed by atoms with Crippen molar-refractivity contribution in [2.24, 2.45) is 0 Å². The molecule has 0 amide bonds. The molecule has 0 radical (unpaired) electrons. The second-order valence-electron chi connectivity index (χ2n) is 7.33. The summed E-state index contributed by atoms with van der Waals surface area (Å²) < 4.78 is 7.48. The first kappa shape index (κ1) is 19.1. The number of nitrogens with zero attached hydrogens (tertiary/aromatic N) is 1. The van der Waals surface area contributed by atoms with Gasteiger partial charge in [0.05, 0.1) is 19.8 Å². The van der Waals surface area contributed by atoms with Crippen LogP contribution < -0.4 is 10.1 Å². The Kier molecular flexibility index (Phi) is 5.54. The lowest BCUT2D eigenvalue weighted by Gasteiger charge is -2.17. The Bertz CT molecular complexity index is 1080. The average molecular weight is 386 g/mol. The highest BCUT2D eigenvalue weighted by atomic mass is 16.5. The zero-order valence-corrected chi connectivity index (χ0v) is 16.8. The monoisotopic (exact) mass is 386 g/mol. The smallest absolute Gasteiger partial charge is 0.118 e. The van der Waals surface area contributed by atoms with E-state index in [-0.39, 0.29) is 0 Å². The van der Waals surface area contributed by atoms with Crippen LogP contribution in [0.25, 0.3) is 22.2 Å². The molecule has 148 valence electrons. The molecule has 0 bridgehead atoms. The molecule has 29 heavy (non-hydrogen) atoms. The van der Waals surface area contributed by atoms with E-state index in [4.69, 9.17) is 4.74 Å². The number of nitrogens with one attached hydrogen (secondary N) is 1. The van der Waals surface area contributed by atoms with E-state index >= 15 is 0 Å². The summed E-state index contributed by atoms with van der Waals surface area (Å²) in [5.41, 5.74) is 5.54. The van der Waals surface area contributed by atoms with Crippen LogP contribution in [0.2, 0.25) is 0 Å². The van der Waals surface area contributed by atoms with Gasteiger partial charge in [-0.25, -0.2) is 0 Å². The predicted octanol–water partition coefficient (Wildman–Crippen LogP) is 5.10. The Hall–Kier alpha value is -3.24. The molecule has 1 aromatic heterocycles. The number of hydrogen-bond acceptors (Lipinski definition) is 3. The summed E-state index contributed by atoms with van der Waals surface area (Å²) in [7, 11) is 1.67. The minimum Gasteiger partial charge on any atom is -0.497 e. The van der Waals surface area contributed by atoms with E-state index in [9.17, 15) is 5.11 Å². The number of para-hydroxylation sites is 1. The van der Waals surface area contributed by atoms with Gasteiger partial charge in [0.1, 0.15) is 5.75 Å². The molecule has 1 atom stereocenters. The zero-order chi connectivity index (χ0) is 20.2. The normalized spacial score (nSPS) is 12.1. The number of methoxy groups -OCH3 is 1. The number of fused-ring (bicyclic) bond motifs is 1. The second kappa shape index (κ2) is 8.41. The fraction of sp³-hybridized carbons (Fsp3) is 0.200. The number of aliphatic hydroxyl groups is 1. The maximum Gasteiger partial charge on any atom is 0.118 e. The van der Waals surface area contributed by atoms with E-state index in [2.05, 4.69) is 59.3 Å². The molecule has 0 spiro atoms. The molecule has 0 aliphatic carbocycles. The third kappa shape index (κ3) is 4.28. The van der Waals surface area contributed by atoms with E-state index in [0.717, 1.165) is 33.6 Å². The van der Waals surface area contributed by atoms with E-state index < -0.39 is 6.10 Å². The highest BCUT2D eigenvalue weighted by Crippen LogP contribution is 2.29. The largest absolute Gasteiger partial charge is 0.497 e. The van der Waals surface area contributed by atoms with Gasteiger partial charge < -0.3 is 19.7 Å². The van der Waals surface area contributed by atoms with Gasteiger partial charge in [-0.2, -0.15) is 0 Å². The average Bonchev–Trinajstić information content (AvgIpc) is 3.12. The van der Waals surface area contributed by atoms with Crippen LogP contribution in [0.5, 0.6) is 5.75 Å². The van der Waals surface area contributed by atoms with Gasteiger partial charge >= 0.3 is 0 Å². The standard InChI is InChI=1S/C25H26N2O2/c1-18-7-11-21(12-8-18)26-16-22(28)17-27-24-6-4-3-5-20(24)15-25(27)19-9-13-23(29-2)14-10-19/h3-15,22,26,28H,16-17H2,1-2H3/t22-/m1/s1. The van der Waals surface area contributed by atoms with Crippen LogP contribution in [0.3, 0.4) is 0 Å². The predicted molar refractivity (Wildman–Crippen MR) is 120 cm³/mol. The van der Waals surface area contributed by atoms with E-state index in [0.29, 0.717) is 13.1 Å². The highest BCUT2D eigenvalue weighted by molar-refractivity contribution is 5.87. The summed E-state index contributed by atoms with van der Waals surface area (Å²) in [4.78, 5) is 0. The van der Waals surface area contributed by atoms with Crippen LogP contribution in [0.1, 0.15) is 5.56 Å². The summed E-state index contributed by atoms with van der Waals surface area (Å²) in [5.74, 6) is 0.832. The molecule has 0 saturated carbocycles. The lowest BCUT2D eigenvalue weighted by atomic mass is 10.1. The van der Waals surface area contributed by atoms with E-state index in [1.54, 1.807) is 7.11 Å². The molecule has 4 rings (SSSR count). The number of aliphatic hydroxyl groups excluding tert-OH is 1. The number of aromatic nitrogens is 1. The molecule has 0 fully saturated rings. The fourth-order valence-corrected chi connectivity index (χ4v) is 3.59. The Balaban J connectivity index is 1.58. The molecule has 2 N–H and O–H groups in total. The van der Waals surface area contributed by atoms with Crippen molar-refractivity contribution in [2.45, 2.75) is 19.6 Å². The van der Waals surface area contributed by atoms with Crippen molar-refractivity contribution in [1.29, 1.82) is 0 Å².